The molecule has 0 spiro atoms. The van der Waals surface area contributed by atoms with E-state index in [-0.39, 0.29) is 6.61 Å². The molecule has 0 bridgehead atoms. The number of rotatable bonds is 5. The van der Waals surface area contributed by atoms with Crippen molar-refractivity contribution >= 4 is 11.9 Å². The van der Waals surface area contributed by atoms with Crippen LogP contribution in [0.3, 0.4) is 0 Å². The van der Waals surface area contributed by atoms with Gasteiger partial charge in [0, 0.05) is 12.2 Å². The van der Waals surface area contributed by atoms with Gasteiger partial charge >= 0.3 is 11.9 Å². The van der Waals surface area contributed by atoms with Crippen LogP contribution in [0.1, 0.15) is 6.92 Å². The van der Waals surface area contributed by atoms with Gasteiger partial charge in [0.25, 0.3) is 0 Å². The van der Waals surface area contributed by atoms with Gasteiger partial charge < -0.3 is 9.47 Å². The molecule has 0 aliphatic carbocycles. The molecule has 0 fully saturated rings. The Bertz CT molecular complexity index is 300. The Hall–Kier alpha value is -1.84. The molecule has 0 aliphatic heterocycles. The first-order valence-corrected chi connectivity index (χ1v) is 4.31. The van der Waals surface area contributed by atoms with Gasteiger partial charge in [0.1, 0.15) is 6.61 Å². The van der Waals surface area contributed by atoms with Crippen molar-refractivity contribution in [3.05, 3.63) is 36.5 Å². The number of carbonyl (C=O) groups excluding carboxylic acids is 2. The molecular weight excluding hydrogens is 196 g/mol. The van der Waals surface area contributed by atoms with Crippen molar-refractivity contribution in [3.8, 4) is 0 Å². The summed E-state index contributed by atoms with van der Waals surface area (Å²) in [6.07, 6.45) is 5.37. The normalized spacial score (nSPS) is 11.2. The van der Waals surface area contributed by atoms with E-state index in [1.54, 1.807) is 19.1 Å². The van der Waals surface area contributed by atoms with Crippen LogP contribution >= 0.6 is 0 Å². The topological polar surface area (TPSA) is 52.6 Å². The summed E-state index contributed by atoms with van der Waals surface area (Å²) in [5.41, 5.74) is 0.866. The summed E-state index contributed by atoms with van der Waals surface area (Å²) in [5.74, 6) is -1.18. The van der Waals surface area contributed by atoms with Gasteiger partial charge in [-0.05, 0) is 12.5 Å². The van der Waals surface area contributed by atoms with Gasteiger partial charge in [-0.3, -0.25) is 0 Å². The number of methoxy groups -OCH3 is 1. The minimum Gasteiger partial charge on any atom is -0.466 e. The van der Waals surface area contributed by atoms with Crippen LogP contribution in [-0.4, -0.2) is 25.7 Å². The van der Waals surface area contributed by atoms with Crippen molar-refractivity contribution in [1.82, 2.24) is 0 Å². The number of hydrogen-bond donors (Lipinski definition) is 0. The lowest BCUT2D eigenvalue weighted by Crippen LogP contribution is -2.04. The molecule has 0 rings (SSSR count). The van der Waals surface area contributed by atoms with E-state index in [2.05, 4.69) is 11.3 Å². The Balaban J connectivity index is 3.95. The third-order valence-electron chi connectivity index (χ3n) is 1.40. The summed E-state index contributed by atoms with van der Waals surface area (Å²) in [4.78, 5) is 21.6. The molecule has 0 aliphatic rings. The monoisotopic (exact) mass is 210 g/mol. The molecule has 0 saturated carbocycles. The van der Waals surface area contributed by atoms with Crippen molar-refractivity contribution in [2.45, 2.75) is 6.92 Å². The molecule has 0 radical (unpaired) electrons. The first-order valence-electron chi connectivity index (χ1n) is 4.31. The molecule has 0 heterocycles. The number of ether oxygens (including phenoxy) is 2. The first-order chi connectivity index (χ1) is 7.10. The van der Waals surface area contributed by atoms with E-state index in [0.717, 1.165) is 17.7 Å². The third kappa shape index (κ3) is 7.25. The summed E-state index contributed by atoms with van der Waals surface area (Å²) in [6.45, 7) is 5.49. The minimum atomic E-state index is -0.592. The lowest BCUT2D eigenvalue weighted by atomic mass is 10.3. The fourth-order valence-corrected chi connectivity index (χ4v) is 0.686. The van der Waals surface area contributed by atoms with Crippen LogP contribution in [0.15, 0.2) is 36.5 Å². The Kier molecular flexibility index (Phi) is 6.63. The van der Waals surface area contributed by atoms with Crippen molar-refractivity contribution < 1.29 is 19.1 Å². The molecule has 0 aromatic heterocycles. The molecule has 0 atom stereocenters. The number of hydrogen-bond acceptors (Lipinski definition) is 4. The summed E-state index contributed by atoms with van der Waals surface area (Å²) in [5, 5.41) is 0. The van der Waals surface area contributed by atoms with Crippen molar-refractivity contribution in [3.63, 3.8) is 0 Å². The molecule has 0 aromatic rings. The van der Waals surface area contributed by atoms with Gasteiger partial charge in [0.05, 0.1) is 7.11 Å². The standard InChI is InChI=1S/C11H14O4/c1-4-5-9(2)8-15-11(13)7-6-10(12)14-3/h4-7H,1,8H2,2-3H3/b7-6+,9-5+. The van der Waals surface area contributed by atoms with Gasteiger partial charge in [0.2, 0.25) is 0 Å². The molecular formula is C11H14O4. The molecule has 82 valence electrons. The molecule has 0 saturated heterocycles. The van der Waals surface area contributed by atoms with Crippen LogP contribution < -0.4 is 0 Å². The largest absolute Gasteiger partial charge is 0.466 e. The Morgan fingerprint density at radius 3 is 2.40 bits per heavy atom. The van der Waals surface area contributed by atoms with Crippen LogP contribution in [0.5, 0.6) is 0 Å². The molecule has 4 heteroatoms. The van der Waals surface area contributed by atoms with Gasteiger partial charge in [-0.15, -0.1) is 0 Å². The molecule has 0 unspecified atom stereocenters. The summed E-state index contributed by atoms with van der Waals surface area (Å²) >= 11 is 0. The number of allylic oxidation sites excluding steroid dienone is 2. The van der Waals surface area contributed by atoms with Crippen LogP contribution in [0.25, 0.3) is 0 Å². The predicted octanol–water partition coefficient (Wildman–Crippen LogP) is 1.39. The zero-order chi connectivity index (χ0) is 11.7. The van der Waals surface area contributed by atoms with E-state index in [1.807, 2.05) is 0 Å². The Morgan fingerprint density at radius 2 is 1.87 bits per heavy atom. The fraction of sp³-hybridized carbons (Fsp3) is 0.273. The summed E-state index contributed by atoms with van der Waals surface area (Å²) in [7, 11) is 1.23. The highest BCUT2D eigenvalue weighted by Gasteiger charge is 1.99. The second kappa shape index (κ2) is 7.55. The third-order valence-corrected chi connectivity index (χ3v) is 1.40. The highest BCUT2D eigenvalue weighted by Crippen LogP contribution is 1.94. The highest BCUT2D eigenvalue weighted by molar-refractivity contribution is 5.91. The number of carbonyl (C=O) groups is 2. The van der Waals surface area contributed by atoms with E-state index in [9.17, 15) is 9.59 Å². The zero-order valence-corrected chi connectivity index (χ0v) is 8.86. The molecule has 4 nitrogen and oxygen atoms in total. The van der Waals surface area contributed by atoms with Crippen molar-refractivity contribution in [2.24, 2.45) is 0 Å². The first kappa shape index (κ1) is 13.2. The lowest BCUT2D eigenvalue weighted by Gasteiger charge is -2.00. The molecule has 0 amide bonds. The van der Waals surface area contributed by atoms with Crippen LogP contribution in [0, 0.1) is 0 Å². The average molecular weight is 210 g/mol. The van der Waals surface area contributed by atoms with E-state index >= 15 is 0 Å². The van der Waals surface area contributed by atoms with Crippen LogP contribution in [-0.2, 0) is 19.1 Å². The molecule has 15 heavy (non-hydrogen) atoms. The predicted molar refractivity (Wildman–Crippen MR) is 56.1 cm³/mol. The maximum Gasteiger partial charge on any atom is 0.331 e. The fourth-order valence-electron chi connectivity index (χ4n) is 0.686. The second-order valence-corrected chi connectivity index (χ2v) is 2.71. The van der Waals surface area contributed by atoms with E-state index in [4.69, 9.17) is 4.74 Å². The van der Waals surface area contributed by atoms with Gasteiger partial charge in [-0.2, -0.15) is 0 Å². The minimum absolute atomic E-state index is 0.177. The van der Waals surface area contributed by atoms with Gasteiger partial charge in [-0.25, -0.2) is 9.59 Å². The maximum absolute atomic E-state index is 11.0. The van der Waals surface area contributed by atoms with E-state index in [0.29, 0.717) is 0 Å². The highest BCUT2D eigenvalue weighted by atomic mass is 16.5. The zero-order valence-electron chi connectivity index (χ0n) is 8.86. The van der Waals surface area contributed by atoms with Crippen LogP contribution in [0.2, 0.25) is 0 Å². The molecule has 0 N–H and O–H groups in total. The lowest BCUT2D eigenvalue weighted by molar-refractivity contribution is -0.138. The summed E-state index contributed by atoms with van der Waals surface area (Å²) in [6, 6.07) is 0. The maximum atomic E-state index is 11.0. The Morgan fingerprint density at radius 1 is 1.27 bits per heavy atom. The summed E-state index contributed by atoms with van der Waals surface area (Å²) < 4.78 is 9.11. The quantitative estimate of drug-likeness (QED) is 0.391. The second-order valence-electron chi connectivity index (χ2n) is 2.71. The van der Waals surface area contributed by atoms with Crippen molar-refractivity contribution in [2.75, 3.05) is 13.7 Å². The smallest absolute Gasteiger partial charge is 0.331 e. The van der Waals surface area contributed by atoms with E-state index in [1.165, 1.54) is 7.11 Å². The van der Waals surface area contributed by atoms with Crippen molar-refractivity contribution in [1.29, 1.82) is 0 Å². The average Bonchev–Trinajstić information content (AvgIpc) is 2.23. The van der Waals surface area contributed by atoms with Crippen LogP contribution in [0.4, 0.5) is 0 Å². The Labute approximate surface area is 88.9 Å². The number of esters is 2. The van der Waals surface area contributed by atoms with Gasteiger partial charge in [0.15, 0.2) is 0 Å². The molecule has 0 aromatic carbocycles. The van der Waals surface area contributed by atoms with E-state index < -0.39 is 11.9 Å². The van der Waals surface area contributed by atoms with Gasteiger partial charge in [-0.1, -0.05) is 18.7 Å². The SMILES string of the molecule is C=C/C=C(\C)COC(=O)/C=C/C(=O)OC.